The molecule has 0 saturated heterocycles. The van der Waals surface area contributed by atoms with Gasteiger partial charge in [-0.25, -0.2) is 0 Å². The first-order valence-corrected chi connectivity index (χ1v) is 13.8. The van der Waals surface area contributed by atoms with Crippen LogP contribution in [0.2, 0.25) is 0 Å². The van der Waals surface area contributed by atoms with E-state index in [1.54, 1.807) is 30.5 Å². The molecule has 3 heteroatoms. The number of pyridine rings is 2. The summed E-state index contributed by atoms with van der Waals surface area (Å²) < 4.78 is 16.8. The molecule has 6 aromatic rings. The van der Waals surface area contributed by atoms with E-state index in [1.807, 2.05) is 60.8 Å². The van der Waals surface area contributed by atoms with E-state index in [-0.39, 0.29) is 25.5 Å². The number of hydrogen-bond acceptors (Lipinski definition) is 2. The molecular formula is C39H34IrN2-2. The average molecular weight is 725 g/mol. The number of aryl methyl sites for hydroxylation is 1. The molecule has 0 atom stereocenters. The molecule has 0 bridgehead atoms. The van der Waals surface area contributed by atoms with Gasteiger partial charge < -0.3 is 9.97 Å². The Morgan fingerprint density at radius 1 is 0.690 bits per heavy atom. The number of nitrogens with zero attached hydrogens (tertiary/aromatic N) is 2. The van der Waals surface area contributed by atoms with Crippen molar-refractivity contribution in [1.82, 2.24) is 9.97 Å². The molecule has 0 aliphatic rings. The fraction of sp³-hybridized carbons (Fsp3) is 0.128. The van der Waals surface area contributed by atoms with Crippen LogP contribution in [0.1, 0.15) is 44.4 Å². The molecule has 0 aliphatic heterocycles. The van der Waals surface area contributed by atoms with E-state index in [1.165, 1.54) is 16.7 Å². The van der Waals surface area contributed by atoms with Crippen LogP contribution in [0.4, 0.5) is 0 Å². The fourth-order valence-corrected chi connectivity index (χ4v) is 4.68. The van der Waals surface area contributed by atoms with Gasteiger partial charge in [0.25, 0.3) is 0 Å². The van der Waals surface area contributed by atoms with Crippen LogP contribution in [0.5, 0.6) is 0 Å². The maximum Gasteiger partial charge on any atom is 0.0365 e. The maximum absolute atomic E-state index is 8.40. The largest absolute Gasteiger partial charge is 0.305 e. The molecule has 1 radical (unpaired) electrons. The predicted molar refractivity (Wildman–Crippen MR) is 170 cm³/mol. The standard InChI is InChI=1S/C21H20N.C18H14N.Ir/c1-16-11-13-17(14-12-16)20-19(10-7-15-22-20)21(2,3)18-8-5-4-6-9-18;1-3-7-15(8-4-1)13-16-11-12-19-18(14-16)17-9-5-2-6-10-17;/h4-13,15H,1-3H3;1-9,11-12,14H,13H2;/q2*-1;/i;13D2;. The zero-order chi connectivity index (χ0) is 30.3. The van der Waals surface area contributed by atoms with Gasteiger partial charge in [-0.3, -0.25) is 0 Å². The molecule has 0 amide bonds. The first-order chi connectivity index (χ1) is 20.8. The van der Waals surface area contributed by atoms with E-state index >= 15 is 0 Å². The monoisotopic (exact) mass is 725 g/mol. The molecular weight excluding hydrogens is 689 g/mol. The molecule has 0 fully saturated rings. The summed E-state index contributed by atoms with van der Waals surface area (Å²) in [7, 11) is 0. The first kappa shape index (κ1) is 28.0. The van der Waals surface area contributed by atoms with Gasteiger partial charge in [0.1, 0.15) is 0 Å². The van der Waals surface area contributed by atoms with E-state index < -0.39 is 6.37 Å². The smallest absolute Gasteiger partial charge is 0.0365 e. The van der Waals surface area contributed by atoms with Crippen molar-refractivity contribution in [3.05, 3.63) is 180 Å². The van der Waals surface area contributed by atoms with E-state index in [9.17, 15) is 0 Å². The molecule has 6 rings (SSSR count). The van der Waals surface area contributed by atoms with Crippen LogP contribution in [-0.2, 0) is 31.9 Å². The van der Waals surface area contributed by atoms with Crippen molar-refractivity contribution in [2.45, 2.75) is 32.6 Å². The van der Waals surface area contributed by atoms with E-state index in [0.717, 1.165) is 22.5 Å². The molecule has 0 saturated carbocycles. The van der Waals surface area contributed by atoms with Crippen molar-refractivity contribution >= 4 is 0 Å². The Morgan fingerprint density at radius 2 is 1.43 bits per heavy atom. The Hall–Kier alpha value is -4.17. The molecule has 0 spiro atoms. The minimum absolute atomic E-state index is 0. The number of rotatable bonds is 6. The van der Waals surface area contributed by atoms with Crippen LogP contribution in [0.15, 0.2) is 140 Å². The Kier molecular flexibility index (Phi) is 9.75. The quantitative estimate of drug-likeness (QED) is 0.160. The van der Waals surface area contributed by atoms with E-state index in [2.05, 4.69) is 91.4 Å². The van der Waals surface area contributed by atoms with Crippen LogP contribution in [0.3, 0.4) is 0 Å². The minimum Gasteiger partial charge on any atom is -0.305 e. The maximum atomic E-state index is 8.40. The zero-order valence-electron chi connectivity index (χ0n) is 26.0. The van der Waals surface area contributed by atoms with Gasteiger partial charge in [-0.1, -0.05) is 99.1 Å². The summed E-state index contributed by atoms with van der Waals surface area (Å²) in [5.74, 6) is 0. The molecule has 2 nitrogen and oxygen atoms in total. The predicted octanol–water partition coefficient (Wildman–Crippen LogP) is 9.32. The average Bonchev–Trinajstić information content (AvgIpc) is 3.07. The van der Waals surface area contributed by atoms with Gasteiger partial charge in [0.05, 0.1) is 0 Å². The van der Waals surface area contributed by atoms with Crippen molar-refractivity contribution in [3.63, 3.8) is 0 Å². The summed E-state index contributed by atoms with van der Waals surface area (Å²) in [5, 5.41) is 0. The van der Waals surface area contributed by atoms with Crippen molar-refractivity contribution in [2.24, 2.45) is 0 Å². The molecule has 2 heterocycles. The SMILES string of the molecule is Cc1c[c-]c(-c2ncccc2C(C)(C)c2ccccc2)cc1.[2H]C([2H])(c1ccccc1)c1ccnc(-c2[c-]cccc2)c1.[Ir]. The Labute approximate surface area is 266 Å². The molecule has 2 aromatic heterocycles. The Balaban J connectivity index is 0.000000197. The molecule has 0 unspecified atom stereocenters. The van der Waals surface area contributed by atoms with Gasteiger partial charge in [0.2, 0.25) is 0 Å². The third-order valence-electron chi connectivity index (χ3n) is 7.01. The second-order valence-corrected chi connectivity index (χ2v) is 10.4. The van der Waals surface area contributed by atoms with Gasteiger partial charge in [0.15, 0.2) is 0 Å². The summed E-state index contributed by atoms with van der Waals surface area (Å²) in [6.07, 6.45) is 1.95. The van der Waals surface area contributed by atoms with Crippen LogP contribution >= 0.6 is 0 Å². The molecule has 211 valence electrons. The normalized spacial score (nSPS) is 11.7. The fourth-order valence-electron chi connectivity index (χ4n) is 4.68. The van der Waals surface area contributed by atoms with Gasteiger partial charge in [-0.05, 0) is 46.6 Å². The second-order valence-electron chi connectivity index (χ2n) is 10.4. The van der Waals surface area contributed by atoms with E-state index in [4.69, 9.17) is 2.74 Å². The zero-order valence-corrected chi connectivity index (χ0v) is 26.4. The van der Waals surface area contributed by atoms with E-state index in [0.29, 0.717) is 11.1 Å². The van der Waals surface area contributed by atoms with Crippen LogP contribution in [-0.4, -0.2) is 9.97 Å². The van der Waals surface area contributed by atoms with Gasteiger partial charge >= 0.3 is 0 Å². The summed E-state index contributed by atoms with van der Waals surface area (Å²) >= 11 is 0. The van der Waals surface area contributed by atoms with Crippen LogP contribution in [0.25, 0.3) is 22.5 Å². The Morgan fingerprint density at radius 3 is 2.12 bits per heavy atom. The van der Waals surface area contributed by atoms with Gasteiger partial charge in [-0.2, -0.15) is 0 Å². The van der Waals surface area contributed by atoms with Crippen LogP contribution in [0, 0.1) is 19.1 Å². The van der Waals surface area contributed by atoms with Gasteiger partial charge in [-0.15, -0.1) is 71.3 Å². The van der Waals surface area contributed by atoms with Crippen molar-refractivity contribution in [1.29, 1.82) is 0 Å². The third-order valence-corrected chi connectivity index (χ3v) is 7.01. The molecule has 4 aromatic carbocycles. The van der Waals surface area contributed by atoms with Crippen molar-refractivity contribution in [3.8, 4) is 22.5 Å². The summed E-state index contributed by atoms with van der Waals surface area (Å²) in [5.41, 5.74) is 8.50. The molecule has 42 heavy (non-hydrogen) atoms. The summed E-state index contributed by atoms with van der Waals surface area (Å²) in [6, 6.07) is 47.7. The Bertz CT molecular complexity index is 1760. The summed E-state index contributed by atoms with van der Waals surface area (Å²) in [4.78, 5) is 8.96. The van der Waals surface area contributed by atoms with Crippen molar-refractivity contribution in [2.75, 3.05) is 0 Å². The molecule has 0 N–H and O–H groups in total. The second kappa shape index (κ2) is 14.6. The topological polar surface area (TPSA) is 25.8 Å². The van der Waals surface area contributed by atoms with Crippen molar-refractivity contribution < 1.29 is 22.8 Å². The molecule has 0 aliphatic carbocycles. The summed E-state index contributed by atoms with van der Waals surface area (Å²) in [6.45, 7) is 6.57. The minimum atomic E-state index is -1.55. The van der Waals surface area contributed by atoms with Crippen LogP contribution < -0.4 is 0 Å². The number of benzene rings is 4. The third kappa shape index (κ3) is 7.76. The number of hydrogen-bond donors (Lipinski definition) is 0. The van der Waals surface area contributed by atoms with Gasteiger partial charge in [0, 0.05) is 40.7 Å². The number of aromatic nitrogens is 2. The first-order valence-electron chi connectivity index (χ1n) is 14.8.